The number of nitrogens with zero attached hydrogens (tertiary/aromatic N) is 1. The first-order chi connectivity index (χ1) is 19.0. The Hall–Kier alpha value is -3.65. The summed E-state index contributed by atoms with van der Waals surface area (Å²) in [6.45, 7) is 0.371. The van der Waals surface area contributed by atoms with Crippen LogP contribution in [0.5, 0.6) is 5.75 Å². The number of benzene rings is 2. The van der Waals surface area contributed by atoms with Crippen molar-refractivity contribution < 1.29 is 23.9 Å². The van der Waals surface area contributed by atoms with Crippen molar-refractivity contribution in [3.8, 4) is 5.75 Å². The van der Waals surface area contributed by atoms with E-state index in [1.165, 1.54) is 6.42 Å². The number of rotatable bonds is 8. The van der Waals surface area contributed by atoms with Crippen molar-refractivity contribution in [2.45, 2.75) is 62.3 Å². The minimum Gasteiger partial charge on any atom is -0.497 e. The summed E-state index contributed by atoms with van der Waals surface area (Å²) in [7, 11) is 1.57. The minimum absolute atomic E-state index is 0.0996. The zero-order chi connectivity index (χ0) is 27.0. The molecule has 2 saturated heterocycles. The summed E-state index contributed by atoms with van der Waals surface area (Å²) < 4.78 is 11.7. The highest BCUT2D eigenvalue weighted by molar-refractivity contribution is 6.02. The maximum Gasteiger partial charge on any atom is 0.246 e. The Balaban J connectivity index is 1.29. The zero-order valence-corrected chi connectivity index (χ0v) is 22.2. The first kappa shape index (κ1) is 25.6. The van der Waals surface area contributed by atoms with E-state index in [2.05, 4.69) is 10.6 Å². The molecule has 3 heterocycles. The molecule has 204 valence electrons. The molecule has 3 unspecified atom stereocenters. The molecule has 2 aromatic carbocycles. The summed E-state index contributed by atoms with van der Waals surface area (Å²) >= 11 is 0. The van der Waals surface area contributed by atoms with Gasteiger partial charge in [0.2, 0.25) is 17.7 Å². The highest BCUT2D eigenvalue weighted by atomic mass is 16.5. The first-order valence-corrected chi connectivity index (χ1v) is 14.0. The van der Waals surface area contributed by atoms with Crippen molar-refractivity contribution >= 4 is 23.4 Å². The zero-order valence-electron chi connectivity index (χ0n) is 22.2. The maximum absolute atomic E-state index is 14.1. The van der Waals surface area contributed by atoms with E-state index in [0.29, 0.717) is 24.4 Å². The van der Waals surface area contributed by atoms with Gasteiger partial charge in [0.15, 0.2) is 0 Å². The summed E-state index contributed by atoms with van der Waals surface area (Å²) in [5.41, 5.74) is 0.505. The average Bonchev–Trinajstić information content (AvgIpc) is 3.60. The fraction of sp³-hybridized carbons (Fsp3) is 0.452. The van der Waals surface area contributed by atoms with Gasteiger partial charge in [-0.3, -0.25) is 14.4 Å². The third-order valence-electron chi connectivity index (χ3n) is 8.70. The topological polar surface area (TPSA) is 97.0 Å². The van der Waals surface area contributed by atoms with E-state index in [-0.39, 0.29) is 23.8 Å². The lowest BCUT2D eigenvalue weighted by atomic mass is 9.74. The van der Waals surface area contributed by atoms with Crippen LogP contribution in [-0.4, -0.2) is 60.1 Å². The predicted octanol–water partition coefficient (Wildman–Crippen LogP) is 3.48. The SMILES string of the molecule is COc1cccc(NC(=O)C2[C@@H]3C=CC4(O3)C(C(=O)NC3CCCCC3)N(CCc3ccccc3)C(=O)[C@H]24)c1. The molecule has 2 bridgehead atoms. The van der Waals surface area contributed by atoms with Gasteiger partial charge in [0.1, 0.15) is 17.4 Å². The van der Waals surface area contributed by atoms with E-state index in [4.69, 9.17) is 9.47 Å². The molecule has 4 aliphatic rings. The van der Waals surface area contributed by atoms with Gasteiger partial charge >= 0.3 is 0 Å². The third-order valence-corrected chi connectivity index (χ3v) is 8.70. The lowest BCUT2D eigenvalue weighted by molar-refractivity contribution is -0.141. The smallest absolute Gasteiger partial charge is 0.246 e. The van der Waals surface area contributed by atoms with Gasteiger partial charge in [0.25, 0.3) is 0 Å². The molecule has 0 radical (unpaired) electrons. The van der Waals surface area contributed by atoms with E-state index in [0.717, 1.165) is 31.2 Å². The highest BCUT2D eigenvalue weighted by Crippen LogP contribution is 2.55. The molecule has 1 spiro atoms. The Morgan fingerprint density at radius 1 is 1.05 bits per heavy atom. The molecular weight excluding hydrogens is 494 g/mol. The molecule has 1 saturated carbocycles. The highest BCUT2D eigenvalue weighted by Gasteiger charge is 2.72. The predicted molar refractivity (Wildman–Crippen MR) is 146 cm³/mol. The Labute approximate surface area is 228 Å². The number of nitrogens with one attached hydrogen (secondary N) is 2. The van der Waals surface area contributed by atoms with Gasteiger partial charge in [-0.05, 0) is 37.0 Å². The maximum atomic E-state index is 14.1. The molecule has 3 aliphatic heterocycles. The van der Waals surface area contributed by atoms with Crippen molar-refractivity contribution in [3.05, 3.63) is 72.3 Å². The molecule has 6 rings (SSSR count). The van der Waals surface area contributed by atoms with E-state index < -0.39 is 29.6 Å². The lowest BCUT2D eigenvalue weighted by Crippen LogP contribution is -2.56. The van der Waals surface area contributed by atoms with Crippen LogP contribution in [0.4, 0.5) is 5.69 Å². The molecule has 8 heteroatoms. The van der Waals surface area contributed by atoms with Gasteiger partial charge in [-0.2, -0.15) is 0 Å². The number of hydrogen-bond acceptors (Lipinski definition) is 5. The molecular formula is C31H35N3O5. The first-order valence-electron chi connectivity index (χ1n) is 14.0. The standard InChI is InChI=1S/C31H35N3O5/c1-38-23-14-8-13-22(19-23)33-28(35)25-24-15-17-31(39-24)26(25)30(37)34(18-16-20-9-4-2-5-10-20)27(31)29(36)32-21-11-6-3-7-12-21/h2,4-5,8-10,13-15,17,19,21,24-27H,3,6-7,11-12,16,18H2,1H3,(H,32,36)(H,33,35)/t24-,25?,26-,27?,31?/m0/s1. The van der Waals surface area contributed by atoms with Gasteiger partial charge < -0.3 is 25.0 Å². The molecule has 1 aliphatic carbocycles. The summed E-state index contributed by atoms with van der Waals surface area (Å²) in [5, 5.41) is 6.19. The Kier molecular flexibility index (Phi) is 6.89. The number of carbonyl (C=O) groups excluding carboxylic acids is 3. The second-order valence-electron chi connectivity index (χ2n) is 11.0. The summed E-state index contributed by atoms with van der Waals surface area (Å²) in [6, 6.07) is 16.3. The van der Waals surface area contributed by atoms with Gasteiger partial charge in [-0.1, -0.05) is 67.8 Å². The monoisotopic (exact) mass is 529 g/mol. The van der Waals surface area contributed by atoms with Crippen molar-refractivity contribution in [1.29, 1.82) is 0 Å². The number of ether oxygens (including phenoxy) is 2. The van der Waals surface area contributed by atoms with Gasteiger partial charge in [-0.25, -0.2) is 0 Å². The third kappa shape index (κ3) is 4.61. The molecule has 2 aromatic rings. The van der Waals surface area contributed by atoms with E-state index in [1.54, 1.807) is 36.3 Å². The van der Waals surface area contributed by atoms with E-state index in [9.17, 15) is 14.4 Å². The Bertz CT molecular complexity index is 1270. The normalized spacial score (nSPS) is 29.4. The van der Waals surface area contributed by atoms with Crippen LogP contribution in [0.15, 0.2) is 66.7 Å². The number of anilines is 1. The Morgan fingerprint density at radius 2 is 1.85 bits per heavy atom. The van der Waals surface area contributed by atoms with Crippen LogP contribution in [0, 0.1) is 11.8 Å². The van der Waals surface area contributed by atoms with Gasteiger partial charge in [0, 0.05) is 24.3 Å². The largest absolute Gasteiger partial charge is 0.497 e. The average molecular weight is 530 g/mol. The van der Waals surface area contributed by atoms with Crippen LogP contribution in [0.3, 0.4) is 0 Å². The summed E-state index contributed by atoms with van der Waals surface area (Å²) in [4.78, 5) is 43.3. The molecule has 2 N–H and O–H groups in total. The molecule has 0 aromatic heterocycles. The molecule has 8 nitrogen and oxygen atoms in total. The van der Waals surface area contributed by atoms with Crippen LogP contribution < -0.4 is 15.4 Å². The van der Waals surface area contributed by atoms with Crippen molar-refractivity contribution in [2.75, 3.05) is 19.0 Å². The van der Waals surface area contributed by atoms with Crippen molar-refractivity contribution in [1.82, 2.24) is 10.2 Å². The Morgan fingerprint density at radius 3 is 2.62 bits per heavy atom. The van der Waals surface area contributed by atoms with Gasteiger partial charge in [0.05, 0.1) is 25.0 Å². The van der Waals surface area contributed by atoms with Crippen molar-refractivity contribution in [2.24, 2.45) is 11.8 Å². The molecule has 3 amide bonds. The fourth-order valence-electron chi connectivity index (χ4n) is 6.86. The number of hydrogen-bond donors (Lipinski definition) is 2. The quantitative estimate of drug-likeness (QED) is 0.511. The summed E-state index contributed by atoms with van der Waals surface area (Å²) in [6.07, 6.45) is 9.00. The van der Waals surface area contributed by atoms with Crippen molar-refractivity contribution in [3.63, 3.8) is 0 Å². The van der Waals surface area contributed by atoms with Crippen LogP contribution in [0.25, 0.3) is 0 Å². The molecule has 5 atom stereocenters. The number of carbonyl (C=O) groups is 3. The second-order valence-corrected chi connectivity index (χ2v) is 11.0. The van der Waals surface area contributed by atoms with Crippen LogP contribution in [-0.2, 0) is 25.5 Å². The number of likely N-dealkylation sites (tertiary alicyclic amines) is 1. The summed E-state index contributed by atoms with van der Waals surface area (Å²) in [5.74, 6) is -1.57. The lowest BCUT2D eigenvalue weighted by Gasteiger charge is -2.34. The number of methoxy groups -OCH3 is 1. The van der Waals surface area contributed by atoms with Gasteiger partial charge in [-0.15, -0.1) is 0 Å². The minimum atomic E-state index is -1.16. The fourth-order valence-corrected chi connectivity index (χ4v) is 6.86. The molecule has 3 fully saturated rings. The number of amides is 3. The second kappa shape index (κ2) is 10.5. The van der Waals surface area contributed by atoms with Crippen LogP contribution >= 0.6 is 0 Å². The van der Waals surface area contributed by atoms with Crippen LogP contribution in [0.2, 0.25) is 0 Å². The van der Waals surface area contributed by atoms with E-state index in [1.807, 2.05) is 42.5 Å². The number of fused-ring (bicyclic) bond motifs is 1. The van der Waals surface area contributed by atoms with E-state index >= 15 is 0 Å². The van der Waals surface area contributed by atoms with Crippen LogP contribution in [0.1, 0.15) is 37.7 Å². The molecule has 39 heavy (non-hydrogen) atoms.